The van der Waals surface area contributed by atoms with E-state index in [1.807, 2.05) is 30.3 Å². The third-order valence-electron chi connectivity index (χ3n) is 5.52. The first-order valence-electron chi connectivity index (χ1n) is 9.21. The van der Waals surface area contributed by atoms with Crippen LogP contribution in [-0.4, -0.2) is 35.8 Å². The molecular formula is C21H18FN3O3S. The number of aromatic nitrogens is 2. The number of hydrogen-bond donors (Lipinski definition) is 0. The smallest absolute Gasteiger partial charge is 0.243 e. The summed E-state index contributed by atoms with van der Waals surface area (Å²) in [5.41, 5.74) is 2.18. The van der Waals surface area contributed by atoms with Crippen molar-refractivity contribution in [1.82, 2.24) is 14.3 Å². The highest BCUT2D eigenvalue weighted by molar-refractivity contribution is 7.89. The van der Waals surface area contributed by atoms with Crippen LogP contribution >= 0.6 is 0 Å². The van der Waals surface area contributed by atoms with Crippen LogP contribution in [0.2, 0.25) is 0 Å². The summed E-state index contributed by atoms with van der Waals surface area (Å²) in [7, 11) is -3.79. The van der Waals surface area contributed by atoms with Crippen molar-refractivity contribution in [2.24, 2.45) is 0 Å². The predicted molar refractivity (Wildman–Crippen MR) is 104 cm³/mol. The summed E-state index contributed by atoms with van der Waals surface area (Å²) in [5, 5.41) is 0. The SMILES string of the molecule is Cc1ccc(S(=O)(=O)N2CC3(C2)OCc2nc(-c4ccccc4)ncc23)cc1F. The van der Waals surface area contributed by atoms with Gasteiger partial charge in [-0.15, -0.1) is 0 Å². The first-order valence-corrected chi connectivity index (χ1v) is 10.7. The van der Waals surface area contributed by atoms with Gasteiger partial charge in [0.25, 0.3) is 0 Å². The normalized spacial score (nSPS) is 17.9. The van der Waals surface area contributed by atoms with Crippen molar-refractivity contribution in [3.63, 3.8) is 0 Å². The molecule has 1 fully saturated rings. The molecule has 6 nitrogen and oxygen atoms in total. The van der Waals surface area contributed by atoms with Gasteiger partial charge >= 0.3 is 0 Å². The number of ether oxygens (including phenoxy) is 1. The monoisotopic (exact) mass is 411 g/mol. The largest absolute Gasteiger partial charge is 0.361 e. The number of hydrogen-bond acceptors (Lipinski definition) is 5. The molecule has 2 aliphatic heterocycles. The van der Waals surface area contributed by atoms with Crippen molar-refractivity contribution in [2.75, 3.05) is 13.1 Å². The Morgan fingerprint density at radius 3 is 2.62 bits per heavy atom. The molecule has 29 heavy (non-hydrogen) atoms. The van der Waals surface area contributed by atoms with Gasteiger partial charge in [0.1, 0.15) is 11.4 Å². The van der Waals surface area contributed by atoms with Crippen LogP contribution in [0, 0.1) is 12.7 Å². The topological polar surface area (TPSA) is 72.4 Å². The fourth-order valence-corrected chi connectivity index (χ4v) is 5.30. The zero-order valence-corrected chi connectivity index (χ0v) is 16.5. The van der Waals surface area contributed by atoms with Gasteiger partial charge in [-0.25, -0.2) is 22.8 Å². The number of aryl methyl sites for hydroxylation is 1. The van der Waals surface area contributed by atoms with Crippen LogP contribution in [0.3, 0.4) is 0 Å². The summed E-state index contributed by atoms with van der Waals surface area (Å²) in [6, 6.07) is 13.6. The molecule has 0 N–H and O–H groups in total. The van der Waals surface area contributed by atoms with E-state index in [1.54, 1.807) is 13.1 Å². The van der Waals surface area contributed by atoms with Crippen molar-refractivity contribution in [3.05, 3.63) is 77.4 Å². The Morgan fingerprint density at radius 2 is 1.90 bits per heavy atom. The third-order valence-corrected chi connectivity index (χ3v) is 7.31. The molecule has 0 saturated carbocycles. The Bertz CT molecular complexity index is 1210. The summed E-state index contributed by atoms with van der Waals surface area (Å²) < 4.78 is 46.8. The molecule has 0 radical (unpaired) electrons. The molecule has 2 aromatic carbocycles. The average molecular weight is 411 g/mol. The Hall–Kier alpha value is -2.68. The molecule has 3 heterocycles. The number of nitrogens with zero attached hydrogens (tertiary/aromatic N) is 3. The summed E-state index contributed by atoms with van der Waals surface area (Å²) >= 11 is 0. The van der Waals surface area contributed by atoms with E-state index in [1.165, 1.54) is 16.4 Å². The molecule has 0 amide bonds. The first-order chi connectivity index (χ1) is 13.9. The minimum absolute atomic E-state index is 0.0515. The molecule has 1 saturated heterocycles. The lowest BCUT2D eigenvalue weighted by atomic mass is 9.90. The van der Waals surface area contributed by atoms with E-state index in [-0.39, 0.29) is 18.0 Å². The fraction of sp³-hybridized carbons (Fsp3) is 0.238. The number of benzene rings is 2. The van der Waals surface area contributed by atoms with E-state index in [9.17, 15) is 12.8 Å². The first kappa shape index (κ1) is 18.4. The molecule has 5 rings (SSSR count). The third kappa shape index (κ3) is 2.87. The van der Waals surface area contributed by atoms with Gasteiger partial charge in [0.15, 0.2) is 5.82 Å². The number of sulfonamides is 1. The second-order valence-electron chi connectivity index (χ2n) is 7.39. The summed E-state index contributed by atoms with van der Waals surface area (Å²) in [6.45, 7) is 2.22. The molecule has 0 unspecified atom stereocenters. The zero-order chi connectivity index (χ0) is 20.2. The maximum absolute atomic E-state index is 13.8. The number of halogens is 1. The van der Waals surface area contributed by atoms with Crippen molar-refractivity contribution in [1.29, 1.82) is 0 Å². The number of fused-ring (bicyclic) bond motifs is 2. The van der Waals surface area contributed by atoms with E-state index in [4.69, 9.17) is 4.74 Å². The van der Waals surface area contributed by atoms with Crippen molar-refractivity contribution in [2.45, 2.75) is 24.0 Å². The second-order valence-corrected chi connectivity index (χ2v) is 9.32. The molecule has 8 heteroatoms. The van der Waals surface area contributed by atoms with E-state index in [0.717, 1.165) is 22.9 Å². The van der Waals surface area contributed by atoms with Gasteiger partial charge in [0.2, 0.25) is 10.0 Å². The summed E-state index contributed by atoms with van der Waals surface area (Å²) in [5.74, 6) is 0.0783. The van der Waals surface area contributed by atoms with E-state index < -0.39 is 21.4 Å². The molecular weight excluding hydrogens is 393 g/mol. The lowest BCUT2D eigenvalue weighted by molar-refractivity contribution is -0.112. The zero-order valence-electron chi connectivity index (χ0n) is 15.7. The molecule has 0 aliphatic carbocycles. The summed E-state index contributed by atoms with van der Waals surface area (Å²) in [6.07, 6.45) is 1.73. The van der Waals surface area contributed by atoms with Crippen LogP contribution in [-0.2, 0) is 27.0 Å². The minimum atomic E-state index is -3.79. The molecule has 148 valence electrons. The molecule has 2 aliphatic rings. The fourth-order valence-electron chi connectivity index (χ4n) is 3.76. The van der Waals surface area contributed by atoms with Crippen molar-refractivity contribution < 1.29 is 17.5 Å². The van der Waals surface area contributed by atoms with Crippen LogP contribution in [0.25, 0.3) is 11.4 Å². The van der Waals surface area contributed by atoms with Gasteiger partial charge in [-0.05, 0) is 24.6 Å². The minimum Gasteiger partial charge on any atom is -0.361 e. The Morgan fingerprint density at radius 1 is 1.14 bits per heavy atom. The Kier molecular flexibility index (Phi) is 4.06. The molecule has 3 aromatic rings. The van der Waals surface area contributed by atoms with Crippen molar-refractivity contribution in [3.8, 4) is 11.4 Å². The predicted octanol–water partition coefficient (Wildman–Crippen LogP) is 3.02. The lowest BCUT2D eigenvalue weighted by Crippen LogP contribution is -2.61. The van der Waals surface area contributed by atoms with E-state index >= 15 is 0 Å². The van der Waals surface area contributed by atoms with Crippen LogP contribution in [0.15, 0.2) is 59.6 Å². The Labute approximate surface area is 168 Å². The lowest BCUT2D eigenvalue weighted by Gasteiger charge is -2.46. The van der Waals surface area contributed by atoms with Gasteiger partial charge in [0, 0.05) is 30.4 Å². The molecule has 1 aromatic heterocycles. The van der Waals surface area contributed by atoms with Gasteiger partial charge in [-0.2, -0.15) is 4.31 Å². The average Bonchev–Trinajstić information content (AvgIpc) is 3.08. The van der Waals surface area contributed by atoms with Gasteiger partial charge in [-0.1, -0.05) is 36.4 Å². The quantitative estimate of drug-likeness (QED) is 0.663. The highest BCUT2D eigenvalue weighted by Gasteiger charge is 2.55. The van der Waals surface area contributed by atoms with E-state index in [2.05, 4.69) is 9.97 Å². The number of rotatable bonds is 3. The van der Waals surface area contributed by atoms with Crippen LogP contribution < -0.4 is 0 Å². The highest BCUT2D eigenvalue weighted by atomic mass is 32.2. The van der Waals surface area contributed by atoms with Crippen LogP contribution in [0.4, 0.5) is 4.39 Å². The summed E-state index contributed by atoms with van der Waals surface area (Å²) in [4.78, 5) is 9.02. The highest BCUT2D eigenvalue weighted by Crippen LogP contribution is 2.44. The van der Waals surface area contributed by atoms with Gasteiger partial charge in [-0.3, -0.25) is 0 Å². The molecule has 0 atom stereocenters. The standard InChI is InChI=1S/C21H18FN3O3S/c1-14-7-8-16(9-18(14)22)29(26,27)25-12-21(13-25)17-10-23-20(24-19(17)11-28-21)15-5-3-2-4-6-15/h2-10H,11-13H2,1H3. The van der Waals surface area contributed by atoms with E-state index in [0.29, 0.717) is 18.0 Å². The Balaban J connectivity index is 1.40. The maximum atomic E-state index is 13.8. The second kappa shape index (κ2) is 6.41. The van der Waals surface area contributed by atoms with Crippen molar-refractivity contribution >= 4 is 10.0 Å². The van der Waals surface area contributed by atoms with Gasteiger partial charge in [0.05, 0.1) is 17.2 Å². The molecule has 0 bridgehead atoms. The maximum Gasteiger partial charge on any atom is 0.243 e. The van der Waals surface area contributed by atoms with Crippen LogP contribution in [0.1, 0.15) is 16.8 Å². The van der Waals surface area contributed by atoms with Gasteiger partial charge < -0.3 is 4.74 Å². The molecule has 1 spiro atoms. The van der Waals surface area contributed by atoms with Crippen LogP contribution in [0.5, 0.6) is 0 Å².